The van der Waals surface area contributed by atoms with Gasteiger partial charge in [0, 0.05) is 33.4 Å². The third-order valence-corrected chi connectivity index (χ3v) is 3.29. The summed E-state index contributed by atoms with van der Waals surface area (Å²) in [6.07, 6.45) is 4.45. The summed E-state index contributed by atoms with van der Waals surface area (Å²) in [5.74, 6) is 0. The molecule has 0 spiro atoms. The van der Waals surface area contributed by atoms with Crippen LogP contribution in [0.3, 0.4) is 0 Å². The molecule has 1 aromatic rings. The summed E-state index contributed by atoms with van der Waals surface area (Å²) in [6, 6.07) is 3.08. The number of carbonyl (C=O) groups excluding carboxylic acids is 1. The first-order chi connectivity index (χ1) is 9.61. The van der Waals surface area contributed by atoms with Crippen LogP contribution in [0.2, 0.25) is 0 Å². The van der Waals surface area contributed by atoms with Crippen molar-refractivity contribution in [1.29, 1.82) is 0 Å². The lowest BCUT2D eigenvalue weighted by atomic mass is 10.1. The van der Waals surface area contributed by atoms with Crippen LogP contribution in [0.25, 0.3) is 0 Å². The van der Waals surface area contributed by atoms with E-state index in [1.807, 2.05) is 6.08 Å². The molecule has 1 aliphatic heterocycles. The first-order valence-electron chi connectivity index (χ1n) is 6.50. The molecule has 0 fully saturated rings. The summed E-state index contributed by atoms with van der Waals surface area (Å²) in [5, 5.41) is 2.66. The number of methoxy groups -OCH3 is 1. The highest BCUT2D eigenvalue weighted by Crippen LogP contribution is 2.12. The quantitative estimate of drug-likeness (QED) is 0.844. The van der Waals surface area contributed by atoms with Gasteiger partial charge in [-0.3, -0.25) is 4.79 Å². The molecule has 1 aliphatic rings. The van der Waals surface area contributed by atoms with Gasteiger partial charge < -0.3 is 19.5 Å². The number of carbonyl (C=O) groups is 1. The van der Waals surface area contributed by atoms with Crippen LogP contribution >= 0.6 is 0 Å². The summed E-state index contributed by atoms with van der Waals surface area (Å²) in [5.41, 5.74) is 1.28. The molecule has 108 valence electrons. The van der Waals surface area contributed by atoms with Crippen molar-refractivity contribution in [2.24, 2.45) is 7.05 Å². The fourth-order valence-electron chi connectivity index (χ4n) is 2.10. The summed E-state index contributed by atoms with van der Waals surface area (Å²) in [6.45, 7) is 1.78. The number of anilines is 1. The Hall–Kier alpha value is -2.08. The number of hydrogen-bond acceptors (Lipinski definition) is 3. The van der Waals surface area contributed by atoms with E-state index in [1.54, 1.807) is 37.4 Å². The van der Waals surface area contributed by atoms with Crippen LogP contribution in [0, 0.1) is 0 Å². The van der Waals surface area contributed by atoms with Gasteiger partial charge in [-0.1, -0.05) is 6.08 Å². The van der Waals surface area contributed by atoms with E-state index in [2.05, 4.69) is 5.32 Å². The predicted octanol–water partition coefficient (Wildman–Crippen LogP) is 1.20. The average Bonchev–Trinajstić information content (AvgIpc) is 2.45. The largest absolute Gasteiger partial charge is 0.380 e. The van der Waals surface area contributed by atoms with E-state index in [1.165, 1.54) is 10.1 Å². The molecule has 1 aromatic heterocycles. The van der Waals surface area contributed by atoms with Crippen molar-refractivity contribution in [2.45, 2.75) is 6.42 Å². The molecule has 0 saturated heterocycles. The lowest BCUT2D eigenvalue weighted by Crippen LogP contribution is -2.39. The zero-order valence-corrected chi connectivity index (χ0v) is 11.8. The van der Waals surface area contributed by atoms with Gasteiger partial charge in [0.1, 0.15) is 5.69 Å². The van der Waals surface area contributed by atoms with E-state index in [-0.39, 0.29) is 11.6 Å². The van der Waals surface area contributed by atoms with Crippen LogP contribution in [0.1, 0.15) is 6.42 Å². The van der Waals surface area contributed by atoms with Gasteiger partial charge in [-0.05, 0) is 24.1 Å². The van der Waals surface area contributed by atoms with Gasteiger partial charge in [0.25, 0.3) is 5.56 Å². The number of pyridine rings is 1. The van der Waals surface area contributed by atoms with Gasteiger partial charge >= 0.3 is 6.03 Å². The predicted molar refractivity (Wildman–Crippen MR) is 76.9 cm³/mol. The molecule has 0 unspecified atom stereocenters. The Morgan fingerprint density at radius 3 is 2.95 bits per heavy atom. The second kappa shape index (κ2) is 6.38. The summed E-state index contributed by atoms with van der Waals surface area (Å²) in [7, 11) is 3.31. The van der Waals surface area contributed by atoms with Crippen LogP contribution in [0.15, 0.2) is 34.8 Å². The normalized spacial score (nSPS) is 14.9. The molecule has 2 heterocycles. The first kappa shape index (κ1) is 14.3. The number of nitrogens with one attached hydrogen (secondary N) is 1. The Morgan fingerprint density at radius 1 is 1.50 bits per heavy atom. The van der Waals surface area contributed by atoms with Crippen molar-refractivity contribution >= 4 is 11.7 Å². The minimum Gasteiger partial charge on any atom is -0.380 e. The molecule has 6 heteroatoms. The van der Waals surface area contributed by atoms with E-state index in [0.29, 0.717) is 25.4 Å². The van der Waals surface area contributed by atoms with Gasteiger partial charge in [-0.15, -0.1) is 0 Å². The SMILES string of the molecule is COCC1=CCN(C(=O)Nc2cccn(C)c2=O)CC1. The number of urea groups is 1. The van der Waals surface area contributed by atoms with E-state index < -0.39 is 0 Å². The summed E-state index contributed by atoms with van der Waals surface area (Å²) < 4.78 is 6.50. The zero-order chi connectivity index (χ0) is 14.5. The monoisotopic (exact) mass is 277 g/mol. The van der Waals surface area contributed by atoms with E-state index >= 15 is 0 Å². The molecular weight excluding hydrogens is 258 g/mol. The Morgan fingerprint density at radius 2 is 2.30 bits per heavy atom. The van der Waals surface area contributed by atoms with Crippen molar-refractivity contribution < 1.29 is 9.53 Å². The topological polar surface area (TPSA) is 63.6 Å². The van der Waals surface area contributed by atoms with E-state index in [4.69, 9.17) is 4.74 Å². The molecular formula is C14H19N3O3. The zero-order valence-electron chi connectivity index (χ0n) is 11.8. The smallest absolute Gasteiger partial charge is 0.322 e. The van der Waals surface area contributed by atoms with Crippen molar-refractivity contribution in [2.75, 3.05) is 32.1 Å². The number of amides is 2. The highest BCUT2D eigenvalue weighted by atomic mass is 16.5. The molecule has 1 N–H and O–H groups in total. The van der Waals surface area contributed by atoms with Gasteiger partial charge in [0.05, 0.1) is 6.61 Å². The third-order valence-electron chi connectivity index (χ3n) is 3.29. The van der Waals surface area contributed by atoms with Gasteiger partial charge in [0.15, 0.2) is 0 Å². The van der Waals surface area contributed by atoms with Gasteiger partial charge in [0.2, 0.25) is 0 Å². The van der Waals surface area contributed by atoms with Crippen LogP contribution in [0.5, 0.6) is 0 Å². The number of aromatic nitrogens is 1. The minimum atomic E-state index is -0.249. The van der Waals surface area contributed by atoms with Crippen molar-refractivity contribution in [3.05, 3.63) is 40.3 Å². The van der Waals surface area contributed by atoms with Crippen molar-refractivity contribution in [3.63, 3.8) is 0 Å². The van der Waals surface area contributed by atoms with Gasteiger partial charge in [-0.2, -0.15) is 0 Å². The maximum atomic E-state index is 12.1. The number of hydrogen-bond donors (Lipinski definition) is 1. The first-order valence-corrected chi connectivity index (χ1v) is 6.50. The highest BCUT2D eigenvalue weighted by Gasteiger charge is 2.18. The molecule has 2 amide bonds. The second-order valence-corrected chi connectivity index (χ2v) is 4.76. The highest BCUT2D eigenvalue weighted by molar-refractivity contribution is 5.89. The molecule has 0 saturated carbocycles. The molecule has 0 aromatic carbocycles. The Balaban J connectivity index is 2.00. The third kappa shape index (κ3) is 3.27. The maximum Gasteiger partial charge on any atom is 0.322 e. The Labute approximate surface area is 117 Å². The van der Waals surface area contributed by atoms with Crippen LogP contribution in [-0.2, 0) is 11.8 Å². The molecule has 6 nitrogen and oxygen atoms in total. The molecule has 0 aliphatic carbocycles. The molecule has 0 atom stereocenters. The van der Waals surface area contributed by atoms with Crippen LogP contribution < -0.4 is 10.9 Å². The molecule has 0 bridgehead atoms. The Kier molecular flexibility index (Phi) is 4.57. The van der Waals surface area contributed by atoms with E-state index in [0.717, 1.165) is 6.42 Å². The lowest BCUT2D eigenvalue weighted by Gasteiger charge is -2.26. The van der Waals surface area contributed by atoms with Crippen molar-refractivity contribution in [1.82, 2.24) is 9.47 Å². The Bertz CT molecular complexity index is 577. The van der Waals surface area contributed by atoms with Gasteiger partial charge in [-0.25, -0.2) is 4.79 Å². The minimum absolute atomic E-state index is 0.214. The summed E-state index contributed by atoms with van der Waals surface area (Å²) in [4.78, 5) is 25.6. The average molecular weight is 277 g/mol. The number of aryl methyl sites for hydroxylation is 1. The molecule has 2 rings (SSSR count). The lowest BCUT2D eigenvalue weighted by molar-refractivity contribution is 0.203. The van der Waals surface area contributed by atoms with E-state index in [9.17, 15) is 9.59 Å². The fourth-order valence-corrected chi connectivity index (χ4v) is 2.10. The maximum absolute atomic E-state index is 12.1. The standard InChI is InChI=1S/C14H19N3O3/c1-16-7-3-4-12(13(16)18)15-14(19)17-8-5-11(6-9-17)10-20-2/h3-5,7H,6,8-10H2,1-2H3,(H,15,19). The van der Waals surface area contributed by atoms with Crippen molar-refractivity contribution in [3.8, 4) is 0 Å². The molecule has 0 radical (unpaired) electrons. The van der Waals surface area contributed by atoms with Crippen LogP contribution in [-0.4, -0.2) is 42.3 Å². The summed E-state index contributed by atoms with van der Waals surface area (Å²) >= 11 is 0. The number of nitrogens with zero attached hydrogens (tertiary/aromatic N) is 2. The number of rotatable bonds is 3. The molecule has 20 heavy (non-hydrogen) atoms. The second-order valence-electron chi connectivity index (χ2n) is 4.76. The fraction of sp³-hybridized carbons (Fsp3) is 0.429. The number of ether oxygens (including phenoxy) is 1. The van der Waals surface area contributed by atoms with Crippen LogP contribution in [0.4, 0.5) is 10.5 Å².